The van der Waals surface area contributed by atoms with Crippen molar-refractivity contribution in [1.82, 2.24) is 0 Å². The number of rotatable bonds is 5. The van der Waals surface area contributed by atoms with Crippen LogP contribution >= 0.6 is 11.3 Å². The molecule has 0 spiro atoms. The Hall–Kier alpha value is -0.860. The summed E-state index contributed by atoms with van der Waals surface area (Å²) in [6.07, 6.45) is 10.8. The molecule has 3 rings (SSSR count). The molecule has 2 heteroatoms. The van der Waals surface area contributed by atoms with Crippen molar-refractivity contribution in [1.29, 1.82) is 0 Å². The lowest BCUT2D eigenvalue weighted by molar-refractivity contribution is 0.323. The number of thiophene rings is 1. The molecule has 0 aliphatic heterocycles. The molecule has 1 fully saturated rings. The highest BCUT2D eigenvalue weighted by atomic mass is 32.1. The molecule has 1 nitrogen and oxygen atoms in total. The van der Waals surface area contributed by atoms with Crippen molar-refractivity contribution >= 4 is 21.4 Å². The monoisotopic (exact) mass is 287 g/mol. The molecule has 2 N–H and O–H groups in total. The van der Waals surface area contributed by atoms with Crippen molar-refractivity contribution < 1.29 is 0 Å². The van der Waals surface area contributed by atoms with Gasteiger partial charge in [-0.25, -0.2) is 0 Å². The second-order valence-corrected chi connectivity index (χ2v) is 7.21. The molecule has 1 unspecified atom stereocenters. The summed E-state index contributed by atoms with van der Waals surface area (Å²) in [4.78, 5) is 0. The lowest BCUT2D eigenvalue weighted by Crippen LogP contribution is -2.24. The summed E-state index contributed by atoms with van der Waals surface area (Å²) in [5, 5.41) is 3.70. The van der Waals surface area contributed by atoms with E-state index < -0.39 is 0 Å². The number of benzene rings is 1. The number of fused-ring (bicyclic) bond motifs is 1. The Kier molecular flexibility index (Phi) is 4.74. The van der Waals surface area contributed by atoms with Crippen molar-refractivity contribution in [3.63, 3.8) is 0 Å². The second-order valence-electron chi connectivity index (χ2n) is 6.30. The van der Waals surface area contributed by atoms with Crippen LogP contribution < -0.4 is 5.73 Å². The van der Waals surface area contributed by atoms with Crippen LogP contribution in [0.2, 0.25) is 0 Å². The van der Waals surface area contributed by atoms with Gasteiger partial charge in [-0.15, -0.1) is 11.3 Å². The zero-order valence-corrected chi connectivity index (χ0v) is 13.0. The van der Waals surface area contributed by atoms with Crippen LogP contribution in [0.25, 0.3) is 10.1 Å². The Balaban J connectivity index is 1.54. The number of hydrogen-bond donors (Lipinski definition) is 1. The van der Waals surface area contributed by atoms with Crippen LogP contribution in [-0.2, 0) is 6.42 Å². The van der Waals surface area contributed by atoms with Gasteiger partial charge >= 0.3 is 0 Å². The molecule has 20 heavy (non-hydrogen) atoms. The molecule has 1 heterocycles. The molecule has 0 saturated heterocycles. The Morgan fingerprint density at radius 3 is 2.80 bits per heavy atom. The fourth-order valence-electron chi connectivity index (χ4n) is 3.50. The molecule has 108 valence electrons. The summed E-state index contributed by atoms with van der Waals surface area (Å²) in [7, 11) is 0. The normalized spacial score (nSPS) is 18.4. The highest BCUT2D eigenvalue weighted by Crippen LogP contribution is 2.29. The molecule has 1 atom stereocenters. The lowest BCUT2D eigenvalue weighted by atomic mass is 9.85. The third kappa shape index (κ3) is 3.42. The molecule has 1 aromatic carbocycles. The fraction of sp³-hybridized carbons (Fsp3) is 0.556. The molecular formula is C18H25NS. The minimum absolute atomic E-state index is 0.329. The minimum atomic E-state index is 0.329. The van der Waals surface area contributed by atoms with E-state index in [1.165, 1.54) is 60.6 Å². The van der Waals surface area contributed by atoms with Crippen molar-refractivity contribution in [2.45, 2.75) is 57.4 Å². The molecule has 0 bridgehead atoms. The predicted molar refractivity (Wildman–Crippen MR) is 89.3 cm³/mol. The molecule has 1 aliphatic carbocycles. The third-order valence-corrected chi connectivity index (χ3v) is 5.73. The Morgan fingerprint density at radius 2 is 1.95 bits per heavy atom. The van der Waals surface area contributed by atoms with Crippen molar-refractivity contribution in [3.05, 3.63) is 35.2 Å². The Bertz CT molecular complexity index is 539. The standard InChI is InChI=1S/C18H25NS/c19-16(11-10-14-6-2-1-3-7-14)12-15-13-20-18-9-5-4-8-17(15)18/h4-5,8-9,13-14,16H,1-3,6-7,10-12,19H2. The smallest absolute Gasteiger partial charge is 0.0345 e. The topological polar surface area (TPSA) is 26.0 Å². The van der Waals surface area contributed by atoms with Crippen LogP contribution in [0.15, 0.2) is 29.6 Å². The van der Waals surface area contributed by atoms with Crippen LogP contribution in [0, 0.1) is 5.92 Å². The summed E-state index contributed by atoms with van der Waals surface area (Å²) >= 11 is 1.85. The Labute approximate surface area is 126 Å². The first-order chi connectivity index (χ1) is 9.83. The highest BCUT2D eigenvalue weighted by Gasteiger charge is 2.15. The zero-order valence-electron chi connectivity index (χ0n) is 12.2. The molecule has 1 saturated carbocycles. The van der Waals surface area contributed by atoms with E-state index in [9.17, 15) is 0 Å². The predicted octanol–water partition coefficient (Wildman–Crippen LogP) is 5.13. The first-order valence-electron chi connectivity index (χ1n) is 8.03. The maximum atomic E-state index is 6.38. The van der Waals surface area contributed by atoms with Crippen LogP contribution in [0.4, 0.5) is 0 Å². The molecule has 0 radical (unpaired) electrons. The van der Waals surface area contributed by atoms with E-state index in [4.69, 9.17) is 5.73 Å². The first-order valence-corrected chi connectivity index (χ1v) is 8.91. The molecular weight excluding hydrogens is 262 g/mol. The van der Waals surface area contributed by atoms with Gasteiger partial charge in [0.15, 0.2) is 0 Å². The fourth-order valence-corrected chi connectivity index (χ4v) is 4.48. The van der Waals surface area contributed by atoms with Crippen LogP contribution in [0.5, 0.6) is 0 Å². The van der Waals surface area contributed by atoms with Gasteiger partial charge in [0.05, 0.1) is 0 Å². The molecule has 0 amide bonds. The van der Waals surface area contributed by atoms with E-state index in [1.54, 1.807) is 0 Å². The quantitative estimate of drug-likeness (QED) is 0.810. The highest BCUT2D eigenvalue weighted by molar-refractivity contribution is 7.17. The van der Waals surface area contributed by atoms with Crippen LogP contribution in [0.3, 0.4) is 0 Å². The van der Waals surface area contributed by atoms with Gasteiger partial charge < -0.3 is 5.73 Å². The van der Waals surface area contributed by atoms with Gasteiger partial charge in [-0.3, -0.25) is 0 Å². The van der Waals surface area contributed by atoms with Crippen molar-refractivity contribution in [2.24, 2.45) is 11.7 Å². The maximum absolute atomic E-state index is 6.38. The van der Waals surface area contributed by atoms with Gasteiger partial charge in [0.25, 0.3) is 0 Å². The van der Waals surface area contributed by atoms with Crippen LogP contribution in [-0.4, -0.2) is 6.04 Å². The van der Waals surface area contributed by atoms with Gasteiger partial charge in [-0.05, 0) is 47.6 Å². The van der Waals surface area contributed by atoms with E-state index in [-0.39, 0.29) is 0 Å². The number of nitrogens with two attached hydrogens (primary N) is 1. The number of hydrogen-bond acceptors (Lipinski definition) is 2. The van der Waals surface area contributed by atoms with Crippen molar-refractivity contribution in [3.8, 4) is 0 Å². The Morgan fingerprint density at radius 1 is 1.15 bits per heavy atom. The summed E-state index contributed by atoms with van der Waals surface area (Å²) in [6.45, 7) is 0. The lowest BCUT2D eigenvalue weighted by Gasteiger charge is -2.22. The van der Waals surface area contributed by atoms with E-state index >= 15 is 0 Å². The maximum Gasteiger partial charge on any atom is 0.0345 e. The minimum Gasteiger partial charge on any atom is -0.327 e. The van der Waals surface area contributed by atoms with Gasteiger partial charge in [0.1, 0.15) is 0 Å². The second kappa shape index (κ2) is 6.73. The summed E-state index contributed by atoms with van der Waals surface area (Å²) < 4.78 is 1.39. The van der Waals surface area contributed by atoms with Gasteiger partial charge in [0.2, 0.25) is 0 Å². The first kappa shape index (κ1) is 14.1. The average Bonchev–Trinajstić information content (AvgIpc) is 2.90. The van der Waals surface area contributed by atoms with Gasteiger partial charge in [-0.2, -0.15) is 0 Å². The SMILES string of the molecule is NC(CCC1CCCCC1)Cc1csc2ccccc12. The summed E-state index contributed by atoms with van der Waals surface area (Å²) in [6, 6.07) is 9.01. The largest absolute Gasteiger partial charge is 0.327 e. The zero-order chi connectivity index (χ0) is 13.8. The van der Waals surface area contributed by atoms with Crippen molar-refractivity contribution in [2.75, 3.05) is 0 Å². The van der Waals surface area contributed by atoms with E-state index in [2.05, 4.69) is 29.6 Å². The third-order valence-electron chi connectivity index (χ3n) is 4.71. The average molecular weight is 287 g/mol. The molecule has 2 aromatic rings. The molecule has 1 aromatic heterocycles. The van der Waals surface area contributed by atoms with E-state index in [0.29, 0.717) is 6.04 Å². The van der Waals surface area contributed by atoms with E-state index in [0.717, 1.165) is 12.3 Å². The molecule has 1 aliphatic rings. The van der Waals surface area contributed by atoms with E-state index in [1.807, 2.05) is 11.3 Å². The van der Waals surface area contributed by atoms with Gasteiger partial charge in [0, 0.05) is 10.7 Å². The van der Waals surface area contributed by atoms with Crippen LogP contribution in [0.1, 0.15) is 50.5 Å². The summed E-state index contributed by atoms with van der Waals surface area (Å²) in [5.74, 6) is 0.953. The van der Waals surface area contributed by atoms with Gasteiger partial charge in [-0.1, -0.05) is 50.3 Å². The summed E-state index contributed by atoms with van der Waals surface area (Å²) in [5.41, 5.74) is 7.82.